The summed E-state index contributed by atoms with van der Waals surface area (Å²) in [6.07, 6.45) is 7.66. The Balaban J connectivity index is 1.09. The Labute approximate surface area is 352 Å². The van der Waals surface area contributed by atoms with Gasteiger partial charge in [-0.3, -0.25) is 4.79 Å². The molecule has 6 aliphatic rings. The maximum atomic E-state index is 13.1. The summed E-state index contributed by atoms with van der Waals surface area (Å²) in [6.45, 7) is 24.2. The molecule has 0 saturated carbocycles. The van der Waals surface area contributed by atoms with Crippen molar-refractivity contribution >= 4 is 27.6 Å². The molecule has 6 fully saturated rings. The van der Waals surface area contributed by atoms with Crippen LogP contribution in [-0.4, -0.2) is 108 Å². The van der Waals surface area contributed by atoms with Gasteiger partial charge in [-0.2, -0.15) is 0 Å². The first kappa shape index (κ1) is 46.4. The van der Waals surface area contributed by atoms with Crippen molar-refractivity contribution in [3.8, 4) is 0 Å². The number of hydrogen-bond donors (Lipinski definition) is 1. The first-order valence-electron chi connectivity index (χ1n) is 22.6. The van der Waals surface area contributed by atoms with E-state index in [4.69, 9.17) is 37.9 Å². The maximum absolute atomic E-state index is 13.1. The van der Waals surface area contributed by atoms with E-state index in [0.29, 0.717) is 24.9 Å². The van der Waals surface area contributed by atoms with E-state index in [1.807, 2.05) is 21.0 Å². The molecular weight excluding hydrogens is 765 g/mol. The zero-order chi connectivity index (χ0) is 41.5. The fourth-order valence-corrected chi connectivity index (χ4v) is 13.5. The van der Waals surface area contributed by atoms with Gasteiger partial charge in [-0.05, 0) is 89.9 Å². The second-order valence-corrected chi connectivity index (χ2v) is 22.5. The minimum Gasteiger partial charge on any atom is -0.464 e. The molecule has 10 nitrogen and oxygen atoms in total. The summed E-state index contributed by atoms with van der Waals surface area (Å²) in [5, 5.41) is 11.3. The molecule has 57 heavy (non-hydrogen) atoms. The Bertz CT molecular complexity index is 1340. The van der Waals surface area contributed by atoms with Crippen LogP contribution in [0.15, 0.2) is 0 Å². The third-order valence-corrected chi connectivity index (χ3v) is 17.7. The molecule has 330 valence electrons. The summed E-state index contributed by atoms with van der Waals surface area (Å²) in [7, 11) is 5.34. The predicted octanol–water partition coefficient (Wildman–Crippen LogP) is 8.98. The smallest absolute Gasteiger partial charge is 0.311 e. The summed E-state index contributed by atoms with van der Waals surface area (Å²) >= 11 is 0. The third kappa shape index (κ3) is 9.46. The summed E-state index contributed by atoms with van der Waals surface area (Å²) in [4.78, 5) is 13.1. The summed E-state index contributed by atoms with van der Waals surface area (Å²) in [6, 6.07) is 0. The molecule has 0 radical (unpaired) electrons. The van der Waals surface area contributed by atoms with Gasteiger partial charge in [0.15, 0.2) is 11.6 Å². The molecule has 6 heterocycles. The Kier molecular flexibility index (Phi) is 15.2. The van der Waals surface area contributed by atoms with E-state index in [-0.39, 0.29) is 84.4 Å². The number of hydrogen-bond acceptors (Lipinski definition) is 12. The lowest BCUT2D eigenvalue weighted by Crippen LogP contribution is -2.58. The lowest BCUT2D eigenvalue weighted by Gasteiger charge is -2.50. The molecular formula is C45H78O10S2. The van der Waals surface area contributed by atoms with Gasteiger partial charge in [-0.15, -0.1) is 0 Å². The summed E-state index contributed by atoms with van der Waals surface area (Å²) in [5.41, 5.74) is -1.01. The van der Waals surface area contributed by atoms with Crippen LogP contribution in [0.3, 0.4) is 0 Å². The highest BCUT2D eigenvalue weighted by molar-refractivity contribution is 8.76. The molecule has 0 aliphatic carbocycles. The van der Waals surface area contributed by atoms with Gasteiger partial charge < -0.3 is 43.0 Å². The second-order valence-electron chi connectivity index (χ2n) is 19.6. The van der Waals surface area contributed by atoms with Crippen LogP contribution in [-0.2, 0) is 42.7 Å². The van der Waals surface area contributed by atoms with Crippen LogP contribution in [0.1, 0.15) is 140 Å². The maximum Gasteiger partial charge on any atom is 0.311 e. The average Bonchev–Trinajstić information content (AvgIpc) is 3.85. The molecule has 12 heteroatoms. The second kappa shape index (κ2) is 18.7. The Hall–Kier alpha value is -0.150. The average molecular weight is 843 g/mol. The highest BCUT2D eigenvalue weighted by Crippen LogP contribution is 2.57. The number of aliphatic hydroxyl groups is 1. The van der Waals surface area contributed by atoms with Crippen LogP contribution in [0.25, 0.3) is 0 Å². The Morgan fingerprint density at radius 3 is 2.32 bits per heavy atom. The van der Waals surface area contributed by atoms with Crippen molar-refractivity contribution in [1.29, 1.82) is 0 Å². The van der Waals surface area contributed by atoms with E-state index < -0.39 is 22.8 Å². The van der Waals surface area contributed by atoms with E-state index in [1.54, 1.807) is 21.6 Å². The van der Waals surface area contributed by atoms with E-state index in [0.717, 1.165) is 69.3 Å². The van der Waals surface area contributed by atoms with Crippen LogP contribution in [0.5, 0.6) is 0 Å². The van der Waals surface area contributed by atoms with Gasteiger partial charge in [0.25, 0.3) is 0 Å². The molecule has 0 bridgehead atoms. The van der Waals surface area contributed by atoms with Gasteiger partial charge in [-0.25, -0.2) is 0 Å². The van der Waals surface area contributed by atoms with Gasteiger partial charge in [0.1, 0.15) is 6.61 Å². The number of methoxy groups -OCH3 is 1. The van der Waals surface area contributed by atoms with Gasteiger partial charge in [0.05, 0.1) is 66.0 Å². The summed E-state index contributed by atoms with van der Waals surface area (Å²) in [5.74, 6) is 0.507. The highest BCUT2D eigenvalue weighted by Gasteiger charge is 2.65. The SMILES string of the molecule is CCSSCCOC(=O)[C@H](C)C1O[C@@H](C[C@@H]2C[C@@H](OC)[C@@H](C)[C@]3(O2)O[C@@](C)(C2CC[C@@](C)([C@@H]4O[C@@H]([C@@H]5O[C@@](O)(CC)[C@H](C)C[C@@H]5C)C[C@@H]4C)O2)C[C@H]3C)CC[C@@H]1C. The van der Waals surface area contributed by atoms with Crippen LogP contribution in [0.4, 0.5) is 0 Å². The van der Waals surface area contributed by atoms with Crippen molar-refractivity contribution in [2.45, 2.75) is 212 Å². The quantitative estimate of drug-likeness (QED) is 0.102. The van der Waals surface area contributed by atoms with Gasteiger partial charge in [0, 0.05) is 49.2 Å². The minimum atomic E-state index is -1.11. The number of carbonyl (C=O) groups excluding carboxylic acids is 1. The van der Waals surface area contributed by atoms with E-state index in [9.17, 15) is 9.90 Å². The number of carbonyl (C=O) groups is 1. The van der Waals surface area contributed by atoms with Crippen LogP contribution < -0.4 is 0 Å². The van der Waals surface area contributed by atoms with Crippen molar-refractivity contribution in [1.82, 2.24) is 0 Å². The van der Waals surface area contributed by atoms with Crippen LogP contribution in [0, 0.1) is 41.4 Å². The van der Waals surface area contributed by atoms with Crippen molar-refractivity contribution < 1.29 is 47.8 Å². The highest BCUT2D eigenvalue weighted by atomic mass is 33.1. The van der Waals surface area contributed by atoms with Crippen molar-refractivity contribution in [3.05, 3.63) is 0 Å². The molecule has 6 saturated heterocycles. The normalized spacial score (nSPS) is 49.7. The molecule has 0 aromatic carbocycles. The molecule has 6 rings (SSSR count). The van der Waals surface area contributed by atoms with Gasteiger partial charge >= 0.3 is 5.97 Å². The van der Waals surface area contributed by atoms with Crippen molar-refractivity contribution in [2.75, 3.05) is 25.2 Å². The molecule has 0 amide bonds. The molecule has 2 unspecified atom stereocenters. The first-order valence-corrected chi connectivity index (χ1v) is 25.1. The van der Waals surface area contributed by atoms with Gasteiger partial charge in [-0.1, -0.05) is 77.0 Å². The van der Waals surface area contributed by atoms with E-state index in [2.05, 4.69) is 62.3 Å². The number of esters is 1. The minimum absolute atomic E-state index is 0.0213. The van der Waals surface area contributed by atoms with Gasteiger partial charge in [0.2, 0.25) is 0 Å². The van der Waals surface area contributed by atoms with E-state index in [1.165, 1.54) is 0 Å². The molecule has 1 N–H and O–H groups in total. The number of ether oxygens (including phenoxy) is 8. The zero-order valence-electron chi connectivity index (χ0n) is 37.3. The molecule has 6 aliphatic heterocycles. The zero-order valence-corrected chi connectivity index (χ0v) is 38.9. The molecule has 0 aromatic rings. The largest absolute Gasteiger partial charge is 0.464 e. The topological polar surface area (TPSA) is 111 Å². The van der Waals surface area contributed by atoms with Crippen LogP contribution >= 0.6 is 21.6 Å². The van der Waals surface area contributed by atoms with Crippen LogP contribution in [0.2, 0.25) is 0 Å². The Morgan fingerprint density at radius 1 is 0.860 bits per heavy atom. The van der Waals surface area contributed by atoms with Crippen molar-refractivity contribution in [3.63, 3.8) is 0 Å². The first-order chi connectivity index (χ1) is 26.9. The predicted molar refractivity (Wildman–Crippen MR) is 226 cm³/mol. The lowest BCUT2D eigenvalue weighted by molar-refractivity contribution is -0.352. The fraction of sp³-hybridized carbons (Fsp3) is 0.978. The third-order valence-electron chi connectivity index (χ3n) is 15.3. The fourth-order valence-electron chi connectivity index (χ4n) is 12.0. The van der Waals surface area contributed by atoms with Crippen molar-refractivity contribution in [2.24, 2.45) is 41.4 Å². The lowest BCUT2D eigenvalue weighted by atomic mass is 9.78. The number of rotatable bonds is 14. The summed E-state index contributed by atoms with van der Waals surface area (Å²) < 4.78 is 53.7. The molecule has 19 atom stereocenters. The van der Waals surface area contributed by atoms with E-state index >= 15 is 0 Å². The standard InChI is InChI=1S/C45H78O10S2/c1-13-44(47)29(6)21-27(4)39(54-44)36-22-28(5)40(51-36)42(10)18-17-37(53-42)43(11)25-30(7)45(55-43)32(9)35(48-12)24-34(52-45)23-33-16-15-26(3)38(50-33)31(8)41(46)49-19-20-57-56-14-2/h26-40,47H,13-25H2,1-12H3/t26-,27-,28-,29+,30+,31+,32+,33+,34+,35+,36+,37?,38?,39+,40+,42-,43+,44-,45+/m0/s1. The molecule has 0 aromatic heterocycles. The Morgan fingerprint density at radius 2 is 1.61 bits per heavy atom. The molecule has 1 spiro atoms. The monoisotopic (exact) mass is 843 g/mol.